The Kier molecular flexibility index (Phi) is 3.15. The summed E-state index contributed by atoms with van der Waals surface area (Å²) in [7, 11) is -3.93. The Labute approximate surface area is 92.6 Å². The Morgan fingerprint density at radius 3 is 2.31 bits per heavy atom. The van der Waals surface area contributed by atoms with Gasteiger partial charge in [0.05, 0.1) is 10.6 Å². The topological polar surface area (TPSA) is 115 Å². The summed E-state index contributed by atoms with van der Waals surface area (Å²) in [4.78, 5) is 10.1. The Balaban J connectivity index is 3.31. The monoisotopic (exact) mass is 245 g/mol. The number of benzene rings is 1. The summed E-state index contributed by atoms with van der Waals surface area (Å²) in [5, 5.41) is 15.4. The quantitative estimate of drug-likeness (QED) is 0.606. The standard InChI is InChI=1S/C8H11N3O4S/c1-5-3-6(2)8(11(12)13)4-7(5)10-16(9,14)15/h3-4,10H,1-2H3,(H2,9,14,15). The van der Waals surface area contributed by atoms with Crippen molar-refractivity contribution in [3.63, 3.8) is 0 Å². The van der Waals surface area contributed by atoms with Gasteiger partial charge in [-0.1, -0.05) is 0 Å². The predicted octanol–water partition coefficient (Wildman–Crippen LogP) is 0.827. The highest BCUT2D eigenvalue weighted by molar-refractivity contribution is 7.90. The molecule has 16 heavy (non-hydrogen) atoms. The third-order valence-corrected chi connectivity index (χ3v) is 2.50. The van der Waals surface area contributed by atoms with Crippen LogP contribution in [0.25, 0.3) is 0 Å². The van der Waals surface area contributed by atoms with Crippen LogP contribution in [0.1, 0.15) is 11.1 Å². The highest BCUT2D eigenvalue weighted by Crippen LogP contribution is 2.26. The van der Waals surface area contributed by atoms with E-state index in [2.05, 4.69) is 0 Å². The van der Waals surface area contributed by atoms with Gasteiger partial charge in [0, 0.05) is 11.6 Å². The lowest BCUT2D eigenvalue weighted by molar-refractivity contribution is -0.385. The van der Waals surface area contributed by atoms with E-state index in [1.165, 1.54) is 6.07 Å². The van der Waals surface area contributed by atoms with Crippen LogP contribution in [0.4, 0.5) is 11.4 Å². The molecule has 0 radical (unpaired) electrons. The molecule has 0 bridgehead atoms. The van der Waals surface area contributed by atoms with Crippen LogP contribution in [0.3, 0.4) is 0 Å². The molecule has 0 amide bonds. The van der Waals surface area contributed by atoms with Crippen LogP contribution in [-0.2, 0) is 10.2 Å². The fourth-order valence-electron chi connectivity index (χ4n) is 1.30. The molecule has 7 nitrogen and oxygen atoms in total. The molecule has 0 heterocycles. The Bertz CT molecular complexity index is 538. The van der Waals surface area contributed by atoms with Gasteiger partial charge < -0.3 is 0 Å². The van der Waals surface area contributed by atoms with Crippen molar-refractivity contribution in [3.05, 3.63) is 33.4 Å². The van der Waals surface area contributed by atoms with Crippen molar-refractivity contribution < 1.29 is 13.3 Å². The number of hydrogen-bond acceptors (Lipinski definition) is 4. The number of nitro benzene ring substituents is 1. The minimum absolute atomic E-state index is 0.111. The summed E-state index contributed by atoms with van der Waals surface area (Å²) in [6.07, 6.45) is 0. The summed E-state index contributed by atoms with van der Waals surface area (Å²) in [5.41, 5.74) is 0.983. The normalized spacial score (nSPS) is 11.2. The molecule has 0 fully saturated rings. The second-order valence-electron chi connectivity index (χ2n) is 3.36. The van der Waals surface area contributed by atoms with Crippen molar-refractivity contribution in [2.24, 2.45) is 5.14 Å². The van der Waals surface area contributed by atoms with E-state index in [0.717, 1.165) is 6.07 Å². The molecule has 0 aromatic heterocycles. The fourth-order valence-corrected chi connectivity index (χ4v) is 1.83. The van der Waals surface area contributed by atoms with E-state index in [1.807, 2.05) is 4.72 Å². The van der Waals surface area contributed by atoms with Gasteiger partial charge in [0.15, 0.2) is 0 Å². The largest absolute Gasteiger partial charge is 0.296 e. The van der Waals surface area contributed by atoms with Crippen LogP contribution >= 0.6 is 0 Å². The van der Waals surface area contributed by atoms with E-state index in [-0.39, 0.29) is 11.4 Å². The molecule has 0 aliphatic carbocycles. The van der Waals surface area contributed by atoms with E-state index in [9.17, 15) is 18.5 Å². The van der Waals surface area contributed by atoms with E-state index in [0.29, 0.717) is 11.1 Å². The van der Waals surface area contributed by atoms with Crippen molar-refractivity contribution >= 4 is 21.6 Å². The number of rotatable bonds is 3. The summed E-state index contributed by atoms with van der Waals surface area (Å²) >= 11 is 0. The van der Waals surface area contributed by atoms with Crippen molar-refractivity contribution in [2.45, 2.75) is 13.8 Å². The molecule has 0 saturated heterocycles. The lowest BCUT2D eigenvalue weighted by atomic mass is 10.1. The van der Waals surface area contributed by atoms with E-state index in [4.69, 9.17) is 5.14 Å². The zero-order valence-corrected chi connectivity index (χ0v) is 9.54. The van der Waals surface area contributed by atoms with Gasteiger partial charge in [0.25, 0.3) is 15.9 Å². The van der Waals surface area contributed by atoms with E-state index < -0.39 is 15.1 Å². The Morgan fingerprint density at radius 1 is 1.31 bits per heavy atom. The van der Waals surface area contributed by atoms with Crippen LogP contribution in [0.5, 0.6) is 0 Å². The first-order chi connectivity index (χ1) is 7.20. The number of nitrogens with one attached hydrogen (secondary N) is 1. The Morgan fingerprint density at radius 2 is 1.88 bits per heavy atom. The van der Waals surface area contributed by atoms with Gasteiger partial charge in [-0.25, -0.2) is 5.14 Å². The molecule has 3 N–H and O–H groups in total. The van der Waals surface area contributed by atoms with Crippen LogP contribution in [-0.4, -0.2) is 13.3 Å². The maximum atomic E-state index is 10.8. The molecule has 0 aliphatic heterocycles. The third-order valence-electron chi connectivity index (χ3n) is 1.99. The van der Waals surface area contributed by atoms with Gasteiger partial charge in [0.2, 0.25) is 0 Å². The molecule has 1 rings (SSSR count). The average Bonchev–Trinajstić information content (AvgIpc) is 2.07. The first-order valence-electron chi connectivity index (χ1n) is 4.27. The highest BCUT2D eigenvalue weighted by Gasteiger charge is 2.15. The summed E-state index contributed by atoms with van der Waals surface area (Å²) < 4.78 is 23.6. The second-order valence-corrected chi connectivity index (χ2v) is 4.65. The van der Waals surface area contributed by atoms with Crippen molar-refractivity contribution in [1.82, 2.24) is 0 Å². The van der Waals surface area contributed by atoms with Crippen LogP contribution in [0, 0.1) is 24.0 Å². The van der Waals surface area contributed by atoms with Crippen molar-refractivity contribution in [2.75, 3.05) is 4.72 Å². The predicted molar refractivity (Wildman–Crippen MR) is 59.3 cm³/mol. The minimum Gasteiger partial charge on any atom is -0.271 e. The number of aryl methyl sites for hydroxylation is 2. The first-order valence-corrected chi connectivity index (χ1v) is 5.81. The molecular formula is C8H11N3O4S. The summed E-state index contributed by atoms with van der Waals surface area (Å²) in [6.45, 7) is 3.20. The first kappa shape index (κ1) is 12.4. The molecule has 1 aromatic rings. The molecule has 0 aliphatic rings. The van der Waals surface area contributed by atoms with Crippen LogP contribution in [0.2, 0.25) is 0 Å². The molecular weight excluding hydrogens is 234 g/mol. The van der Waals surface area contributed by atoms with Crippen LogP contribution in [0.15, 0.2) is 12.1 Å². The number of nitrogens with two attached hydrogens (primary N) is 1. The average molecular weight is 245 g/mol. The molecule has 0 atom stereocenters. The van der Waals surface area contributed by atoms with E-state index in [1.54, 1.807) is 13.8 Å². The minimum atomic E-state index is -3.93. The van der Waals surface area contributed by atoms with Crippen LogP contribution < -0.4 is 9.86 Å². The molecule has 0 spiro atoms. The molecule has 0 saturated carbocycles. The SMILES string of the molecule is Cc1cc(C)c([N+](=O)[O-])cc1NS(N)(=O)=O. The smallest absolute Gasteiger partial charge is 0.271 e. The molecule has 1 aromatic carbocycles. The highest BCUT2D eigenvalue weighted by atomic mass is 32.2. The summed E-state index contributed by atoms with van der Waals surface area (Å²) in [5.74, 6) is 0. The van der Waals surface area contributed by atoms with Gasteiger partial charge in [-0.3, -0.25) is 14.8 Å². The number of nitro groups is 1. The number of anilines is 1. The third kappa shape index (κ3) is 2.91. The van der Waals surface area contributed by atoms with Crippen molar-refractivity contribution in [3.8, 4) is 0 Å². The fraction of sp³-hybridized carbons (Fsp3) is 0.250. The maximum absolute atomic E-state index is 10.8. The van der Waals surface area contributed by atoms with Gasteiger partial charge in [-0.2, -0.15) is 8.42 Å². The van der Waals surface area contributed by atoms with Gasteiger partial charge in [-0.05, 0) is 25.5 Å². The molecule has 0 unspecified atom stereocenters. The molecule has 88 valence electrons. The lowest BCUT2D eigenvalue weighted by Crippen LogP contribution is -2.22. The van der Waals surface area contributed by atoms with Gasteiger partial charge >= 0.3 is 0 Å². The number of nitrogens with zero attached hydrogens (tertiary/aromatic N) is 1. The lowest BCUT2D eigenvalue weighted by Gasteiger charge is -2.08. The second kappa shape index (κ2) is 4.06. The van der Waals surface area contributed by atoms with Gasteiger partial charge in [-0.15, -0.1) is 0 Å². The maximum Gasteiger partial charge on any atom is 0.296 e. The Hall–Kier alpha value is -1.67. The molecule has 8 heteroatoms. The van der Waals surface area contributed by atoms with Crippen molar-refractivity contribution in [1.29, 1.82) is 0 Å². The van der Waals surface area contributed by atoms with Gasteiger partial charge in [0.1, 0.15) is 0 Å². The van der Waals surface area contributed by atoms with E-state index >= 15 is 0 Å². The zero-order chi connectivity index (χ0) is 12.5. The number of hydrogen-bond donors (Lipinski definition) is 2. The summed E-state index contributed by atoms with van der Waals surface area (Å²) in [6, 6.07) is 2.67. The zero-order valence-electron chi connectivity index (χ0n) is 8.72.